The van der Waals surface area contributed by atoms with Crippen molar-refractivity contribution < 1.29 is 4.74 Å². The smallest absolute Gasteiger partial charge is 0.132 e. The SMILES string of the molecule is CCCNCc1cccnc1Sc1ccccc1OC. The lowest BCUT2D eigenvalue weighted by Gasteiger charge is -2.11. The first-order valence-corrected chi connectivity index (χ1v) is 7.62. The normalized spacial score (nSPS) is 10.5. The molecular formula is C16H20N2OS. The average Bonchev–Trinajstić information content (AvgIpc) is 2.50. The summed E-state index contributed by atoms with van der Waals surface area (Å²) in [5, 5.41) is 4.45. The Bertz CT molecular complexity index is 546. The molecule has 20 heavy (non-hydrogen) atoms. The summed E-state index contributed by atoms with van der Waals surface area (Å²) in [4.78, 5) is 5.58. The number of ether oxygens (including phenoxy) is 1. The molecule has 0 bridgehead atoms. The van der Waals surface area contributed by atoms with E-state index in [4.69, 9.17) is 4.74 Å². The van der Waals surface area contributed by atoms with E-state index in [0.717, 1.165) is 35.2 Å². The van der Waals surface area contributed by atoms with E-state index >= 15 is 0 Å². The summed E-state index contributed by atoms with van der Waals surface area (Å²) in [6.07, 6.45) is 2.97. The van der Waals surface area contributed by atoms with Crippen LogP contribution in [-0.4, -0.2) is 18.6 Å². The molecule has 2 aromatic rings. The zero-order chi connectivity index (χ0) is 14.2. The number of benzene rings is 1. The minimum absolute atomic E-state index is 0.846. The molecule has 0 atom stereocenters. The second kappa shape index (κ2) is 7.92. The fraction of sp³-hybridized carbons (Fsp3) is 0.312. The van der Waals surface area contributed by atoms with Gasteiger partial charge in [0.25, 0.3) is 0 Å². The Kier molecular flexibility index (Phi) is 5.89. The summed E-state index contributed by atoms with van der Waals surface area (Å²) < 4.78 is 5.39. The summed E-state index contributed by atoms with van der Waals surface area (Å²) in [5.41, 5.74) is 1.22. The summed E-state index contributed by atoms with van der Waals surface area (Å²) >= 11 is 1.65. The third-order valence-electron chi connectivity index (χ3n) is 2.87. The van der Waals surface area contributed by atoms with Gasteiger partial charge in [0.05, 0.1) is 12.0 Å². The van der Waals surface area contributed by atoms with Crippen LogP contribution in [0.15, 0.2) is 52.5 Å². The monoisotopic (exact) mass is 288 g/mol. The van der Waals surface area contributed by atoms with E-state index < -0.39 is 0 Å². The largest absolute Gasteiger partial charge is 0.496 e. The molecule has 1 aromatic carbocycles. The van der Waals surface area contributed by atoms with Crippen molar-refractivity contribution in [3.05, 3.63) is 48.2 Å². The Morgan fingerprint density at radius 2 is 2.05 bits per heavy atom. The molecule has 1 aromatic heterocycles. The van der Waals surface area contributed by atoms with Crippen LogP contribution in [0.1, 0.15) is 18.9 Å². The lowest BCUT2D eigenvalue weighted by Crippen LogP contribution is -2.14. The molecule has 106 valence electrons. The summed E-state index contributed by atoms with van der Waals surface area (Å²) in [5.74, 6) is 0.885. The van der Waals surface area contributed by atoms with Gasteiger partial charge < -0.3 is 10.1 Å². The van der Waals surface area contributed by atoms with E-state index in [1.54, 1.807) is 18.9 Å². The first kappa shape index (κ1) is 14.9. The first-order chi connectivity index (χ1) is 9.85. The Hall–Kier alpha value is -1.52. The Balaban J connectivity index is 2.16. The number of methoxy groups -OCH3 is 1. The molecule has 0 fully saturated rings. The van der Waals surface area contributed by atoms with E-state index in [9.17, 15) is 0 Å². The van der Waals surface area contributed by atoms with Crippen LogP contribution < -0.4 is 10.1 Å². The third-order valence-corrected chi connectivity index (χ3v) is 3.99. The van der Waals surface area contributed by atoms with Gasteiger partial charge in [-0.1, -0.05) is 36.9 Å². The molecule has 3 nitrogen and oxygen atoms in total. The van der Waals surface area contributed by atoms with Crippen molar-refractivity contribution in [2.24, 2.45) is 0 Å². The van der Waals surface area contributed by atoms with Gasteiger partial charge in [-0.2, -0.15) is 0 Å². The standard InChI is InChI=1S/C16H20N2OS/c1-3-10-17-12-13-7-6-11-18-16(13)20-15-9-5-4-8-14(15)19-2/h4-9,11,17H,3,10,12H2,1-2H3. The van der Waals surface area contributed by atoms with Gasteiger partial charge in [-0.3, -0.25) is 0 Å². The number of pyridine rings is 1. The number of nitrogens with one attached hydrogen (secondary N) is 1. The second-order valence-corrected chi connectivity index (χ2v) is 5.43. The maximum Gasteiger partial charge on any atom is 0.132 e. The first-order valence-electron chi connectivity index (χ1n) is 6.80. The highest BCUT2D eigenvalue weighted by Crippen LogP contribution is 2.34. The van der Waals surface area contributed by atoms with Crippen molar-refractivity contribution in [3.63, 3.8) is 0 Å². The van der Waals surface area contributed by atoms with Crippen molar-refractivity contribution in [2.45, 2.75) is 29.8 Å². The van der Waals surface area contributed by atoms with Crippen LogP contribution in [0, 0.1) is 0 Å². The fourth-order valence-electron chi connectivity index (χ4n) is 1.86. The van der Waals surface area contributed by atoms with E-state index in [0.29, 0.717) is 0 Å². The predicted octanol–water partition coefficient (Wildman–Crippen LogP) is 3.74. The molecule has 1 heterocycles. The Morgan fingerprint density at radius 3 is 2.85 bits per heavy atom. The van der Waals surface area contributed by atoms with Gasteiger partial charge in [-0.15, -0.1) is 0 Å². The molecule has 0 spiro atoms. The van der Waals surface area contributed by atoms with Crippen molar-refractivity contribution in [2.75, 3.05) is 13.7 Å². The number of aromatic nitrogens is 1. The summed E-state index contributed by atoms with van der Waals surface area (Å²) in [6.45, 7) is 4.04. The summed E-state index contributed by atoms with van der Waals surface area (Å²) in [6, 6.07) is 12.1. The number of hydrogen-bond acceptors (Lipinski definition) is 4. The Morgan fingerprint density at radius 1 is 1.20 bits per heavy atom. The van der Waals surface area contributed by atoms with Crippen LogP contribution >= 0.6 is 11.8 Å². The second-order valence-electron chi connectivity index (χ2n) is 4.40. The molecule has 1 N–H and O–H groups in total. The number of nitrogens with zero attached hydrogens (tertiary/aromatic N) is 1. The van der Waals surface area contributed by atoms with Crippen LogP contribution in [-0.2, 0) is 6.54 Å². The molecule has 4 heteroatoms. The van der Waals surface area contributed by atoms with Crippen molar-refractivity contribution in [1.29, 1.82) is 0 Å². The predicted molar refractivity (Wildman–Crippen MR) is 83.4 cm³/mol. The van der Waals surface area contributed by atoms with Gasteiger partial charge in [0.1, 0.15) is 10.8 Å². The molecule has 0 amide bonds. The van der Waals surface area contributed by atoms with Gasteiger partial charge in [-0.05, 0) is 36.7 Å². The highest BCUT2D eigenvalue weighted by atomic mass is 32.2. The zero-order valence-electron chi connectivity index (χ0n) is 11.9. The van der Waals surface area contributed by atoms with Gasteiger partial charge in [0.15, 0.2) is 0 Å². The van der Waals surface area contributed by atoms with Crippen molar-refractivity contribution in [1.82, 2.24) is 10.3 Å². The van der Waals surface area contributed by atoms with Crippen LogP contribution in [0.25, 0.3) is 0 Å². The lowest BCUT2D eigenvalue weighted by atomic mass is 10.3. The molecule has 0 saturated heterocycles. The Labute approximate surface area is 124 Å². The van der Waals surface area contributed by atoms with Gasteiger partial charge >= 0.3 is 0 Å². The molecule has 0 aliphatic carbocycles. The van der Waals surface area contributed by atoms with Gasteiger partial charge in [-0.25, -0.2) is 4.98 Å². The molecule has 0 aliphatic rings. The van der Waals surface area contributed by atoms with Crippen LogP contribution in [0.2, 0.25) is 0 Å². The number of para-hydroxylation sites is 1. The molecule has 0 aliphatic heterocycles. The van der Waals surface area contributed by atoms with Crippen molar-refractivity contribution >= 4 is 11.8 Å². The van der Waals surface area contributed by atoms with Gasteiger partial charge in [0.2, 0.25) is 0 Å². The molecular weight excluding hydrogens is 268 g/mol. The molecule has 0 unspecified atom stereocenters. The van der Waals surface area contributed by atoms with E-state index in [1.807, 2.05) is 30.5 Å². The van der Waals surface area contributed by atoms with E-state index in [-0.39, 0.29) is 0 Å². The highest BCUT2D eigenvalue weighted by molar-refractivity contribution is 7.99. The molecule has 0 radical (unpaired) electrons. The minimum Gasteiger partial charge on any atom is -0.496 e. The quantitative estimate of drug-likeness (QED) is 0.787. The van der Waals surface area contributed by atoms with E-state index in [2.05, 4.69) is 29.4 Å². The highest BCUT2D eigenvalue weighted by Gasteiger charge is 2.08. The van der Waals surface area contributed by atoms with Crippen LogP contribution in [0.3, 0.4) is 0 Å². The van der Waals surface area contributed by atoms with Crippen LogP contribution in [0.4, 0.5) is 0 Å². The third kappa shape index (κ3) is 3.99. The lowest BCUT2D eigenvalue weighted by molar-refractivity contribution is 0.405. The van der Waals surface area contributed by atoms with Crippen LogP contribution in [0.5, 0.6) is 5.75 Å². The maximum atomic E-state index is 5.39. The number of rotatable bonds is 7. The maximum absolute atomic E-state index is 5.39. The average molecular weight is 288 g/mol. The topological polar surface area (TPSA) is 34.2 Å². The zero-order valence-corrected chi connectivity index (χ0v) is 12.7. The minimum atomic E-state index is 0.846. The van der Waals surface area contributed by atoms with Gasteiger partial charge in [0, 0.05) is 12.7 Å². The molecule has 0 saturated carbocycles. The summed E-state index contributed by atoms with van der Waals surface area (Å²) in [7, 11) is 1.70. The van der Waals surface area contributed by atoms with Crippen molar-refractivity contribution in [3.8, 4) is 5.75 Å². The molecule has 2 rings (SSSR count). The fourth-order valence-corrected chi connectivity index (χ4v) is 2.85. The number of hydrogen-bond donors (Lipinski definition) is 1. The van der Waals surface area contributed by atoms with E-state index in [1.165, 1.54) is 5.56 Å².